The molecule has 0 bridgehead atoms. The number of carboxylic acids is 2. The fourth-order valence-corrected chi connectivity index (χ4v) is 8.46. The van der Waals surface area contributed by atoms with Gasteiger partial charge in [-0.1, -0.05) is 73.7 Å². The largest absolute Gasteiger partial charge is 0.550 e. The maximum absolute atomic E-state index is 12.6. The zero-order chi connectivity index (χ0) is 48.2. The van der Waals surface area contributed by atoms with Crippen molar-refractivity contribution in [3.63, 3.8) is 0 Å². The SMILES string of the molecule is C=CCn1cc2c3c(cccc31)C1=C[C@H](NC(=O)N(CC)CC)C[NH+](C)[C@@H]1C2.CC(C)O.COc1ccc2cc([C@H](C)C(=O)O)ccc2c1.COc1ccc2cc([C@H](C)C(=O)[O-])ccc2c1.O. The third kappa shape index (κ3) is 13.0. The standard InChI is InChI=1S/C23H30N4O.2C14H14O3.C3H8O.H2O/c1-5-11-27-14-16-12-21-19(18-9-8-10-20(27)22(16)18)13-17(15-25(21)4)24-23(28)26(6-2)7-3;2*1-9(14(15)16)10-3-4-12-8-13(17-2)6-5-11(12)7-10;1-3(2)4;/h5,8-10,13-14,17,21H,1,6-7,11-12,15H2,2-4H3,(H,24,28);2*3-9H,1-2H3,(H,15,16);3-4H,1-2H3;1H2/t17-,21+;2*9-;;/m000../s1. The zero-order valence-electron chi connectivity index (χ0n) is 40.3. The Bertz CT molecular complexity index is 2580. The molecule has 0 radical (unpaired) electrons. The van der Waals surface area contributed by atoms with Crippen LogP contribution in [0.5, 0.6) is 11.5 Å². The molecule has 0 saturated heterocycles. The van der Waals surface area contributed by atoms with E-state index in [1.807, 2.05) is 97.6 Å². The van der Waals surface area contributed by atoms with E-state index in [1.54, 1.807) is 41.9 Å². The number of aliphatic hydroxyl groups is 1. The van der Waals surface area contributed by atoms with Gasteiger partial charge in [-0.3, -0.25) is 4.79 Å². The minimum absolute atomic E-state index is 0. The monoisotopic (exact) mass is 916 g/mol. The summed E-state index contributed by atoms with van der Waals surface area (Å²) in [4.78, 5) is 37.6. The van der Waals surface area contributed by atoms with Crippen molar-refractivity contribution in [1.29, 1.82) is 0 Å². The number of fused-ring (bicyclic) bond motifs is 4. The first-order chi connectivity index (χ1) is 31.5. The third-order valence-corrected chi connectivity index (χ3v) is 12.2. The molecule has 67 heavy (non-hydrogen) atoms. The summed E-state index contributed by atoms with van der Waals surface area (Å²) in [5.74, 6) is -1.35. The van der Waals surface area contributed by atoms with Gasteiger partial charge >= 0.3 is 12.0 Å². The van der Waals surface area contributed by atoms with Gasteiger partial charge in [0.1, 0.15) is 24.1 Å². The number of nitrogens with zero attached hydrogens (tertiary/aromatic N) is 2. The van der Waals surface area contributed by atoms with Crippen molar-refractivity contribution in [2.24, 2.45) is 0 Å². The van der Waals surface area contributed by atoms with Gasteiger partial charge < -0.3 is 54.7 Å². The average Bonchev–Trinajstić information content (AvgIpc) is 3.66. The molecule has 13 heteroatoms. The molecule has 358 valence electrons. The van der Waals surface area contributed by atoms with Gasteiger partial charge in [-0.25, -0.2) is 4.79 Å². The minimum Gasteiger partial charge on any atom is -0.550 e. The Balaban J connectivity index is 0.000000219. The predicted molar refractivity (Wildman–Crippen MR) is 266 cm³/mol. The topological polar surface area (TPSA) is 189 Å². The summed E-state index contributed by atoms with van der Waals surface area (Å²) in [6, 6.07) is 29.8. The van der Waals surface area contributed by atoms with Crippen LogP contribution in [-0.2, 0) is 22.6 Å². The van der Waals surface area contributed by atoms with E-state index >= 15 is 0 Å². The smallest absolute Gasteiger partial charge is 0.318 e. The van der Waals surface area contributed by atoms with Crippen LogP contribution < -0.4 is 24.8 Å². The van der Waals surface area contributed by atoms with Crippen LogP contribution in [-0.4, -0.2) is 102 Å². The first-order valence-corrected chi connectivity index (χ1v) is 22.6. The van der Waals surface area contributed by atoms with E-state index < -0.39 is 23.8 Å². The second kappa shape index (κ2) is 24.2. The Morgan fingerprint density at radius 2 is 1.39 bits per heavy atom. The number of benzene rings is 5. The van der Waals surface area contributed by atoms with E-state index in [2.05, 4.69) is 54.0 Å². The first kappa shape index (κ1) is 52.9. The summed E-state index contributed by atoms with van der Waals surface area (Å²) >= 11 is 0. The summed E-state index contributed by atoms with van der Waals surface area (Å²) < 4.78 is 12.6. The molecule has 1 unspecified atom stereocenters. The average molecular weight is 917 g/mol. The number of carbonyl (C=O) groups excluding carboxylic acids is 2. The van der Waals surface area contributed by atoms with Gasteiger partial charge in [-0.05, 0) is 115 Å². The molecule has 0 saturated carbocycles. The maximum atomic E-state index is 12.6. The van der Waals surface area contributed by atoms with Crippen molar-refractivity contribution in [2.45, 2.75) is 84.5 Å². The molecule has 2 aliphatic rings. The fraction of sp³-hybridized carbons (Fsp3) is 0.352. The number of hydrogen-bond donors (Lipinski definition) is 4. The maximum Gasteiger partial charge on any atom is 0.318 e. The number of nitrogens with one attached hydrogen (secondary N) is 2. The molecule has 1 aromatic heterocycles. The highest BCUT2D eigenvalue weighted by atomic mass is 16.5. The van der Waals surface area contributed by atoms with Gasteiger partial charge in [-0.2, -0.15) is 0 Å². The highest BCUT2D eigenvalue weighted by molar-refractivity contribution is 5.98. The Hall–Kier alpha value is -6.67. The molecule has 5 aromatic carbocycles. The van der Waals surface area contributed by atoms with Crippen molar-refractivity contribution in [2.75, 3.05) is 40.9 Å². The van der Waals surface area contributed by atoms with Gasteiger partial charge in [-0.15, -0.1) is 6.58 Å². The molecule has 0 spiro atoms. The lowest BCUT2D eigenvalue weighted by Gasteiger charge is -2.37. The molecule has 1 aliphatic carbocycles. The predicted octanol–water partition coefficient (Wildman–Crippen LogP) is 6.38. The molecular formula is C54H68N4O9. The number of likely N-dealkylation sites (N-methyl/N-ethyl adjacent to an activating group) is 1. The summed E-state index contributed by atoms with van der Waals surface area (Å²) in [6.45, 7) is 17.9. The third-order valence-electron chi connectivity index (χ3n) is 12.2. The quantitative estimate of drug-likeness (QED) is 0.108. The Kier molecular flexibility index (Phi) is 19.1. The summed E-state index contributed by atoms with van der Waals surface area (Å²) in [6.07, 6.45) is 7.44. The Morgan fingerprint density at radius 3 is 1.88 bits per heavy atom. The fourth-order valence-electron chi connectivity index (χ4n) is 8.46. The van der Waals surface area contributed by atoms with Crippen molar-refractivity contribution in [1.82, 2.24) is 14.8 Å². The number of aliphatic hydroxyl groups excluding tert-OH is 1. The van der Waals surface area contributed by atoms with Crippen LogP contribution in [0.15, 0.2) is 116 Å². The second-order valence-electron chi connectivity index (χ2n) is 17.1. The number of carbonyl (C=O) groups is 3. The van der Waals surface area contributed by atoms with E-state index in [-0.39, 0.29) is 23.7 Å². The lowest BCUT2D eigenvalue weighted by Crippen LogP contribution is -3.15. The number of quaternary nitrogens is 1. The number of rotatable bonds is 11. The van der Waals surface area contributed by atoms with E-state index in [9.17, 15) is 19.5 Å². The molecule has 0 fully saturated rings. The van der Waals surface area contributed by atoms with E-state index in [0.29, 0.717) is 6.04 Å². The molecular weight excluding hydrogens is 849 g/mol. The molecule has 2 heterocycles. The van der Waals surface area contributed by atoms with Crippen LogP contribution in [0.3, 0.4) is 0 Å². The number of carboxylic acid groups (broad SMARTS) is 2. The van der Waals surface area contributed by atoms with Crippen LogP contribution in [0.2, 0.25) is 0 Å². The summed E-state index contributed by atoms with van der Waals surface area (Å²) in [5.41, 5.74) is 6.98. The number of aliphatic carboxylic acids is 2. The number of allylic oxidation sites excluding steroid dienone is 1. The Labute approximate surface area is 394 Å². The van der Waals surface area contributed by atoms with Gasteiger partial charge in [0.05, 0.1) is 33.2 Å². The molecule has 13 nitrogen and oxygen atoms in total. The molecule has 8 rings (SSSR count). The Morgan fingerprint density at radius 1 is 0.866 bits per heavy atom. The molecule has 6 N–H and O–H groups in total. The van der Waals surface area contributed by atoms with Crippen LogP contribution in [0.4, 0.5) is 4.79 Å². The normalized spacial score (nSPS) is 16.5. The summed E-state index contributed by atoms with van der Waals surface area (Å²) in [5, 5.41) is 36.5. The van der Waals surface area contributed by atoms with Crippen LogP contribution in [0, 0.1) is 0 Å². The van der Waals surface area contributed by atoms with Crippen molar-refractivity contribution in [3.8, 4) is 11.5 Å². The van der Waals surface area contributed by atoms with E-state index in [1.165, 1.54) is 32.5 Å². The number of aromatic nitrogens is 1. The minimum atomic E-state index is -1.06. The first-order valence-electron chi connectivity index (χ1n) is 22.6. The number of ether oxygens (including phenoxy) is 2. The summed E-state index contributed by atoms with van der Waals surface area (Å²) in [7, 11) is 5.50. The van der Waals surface area contributed by atoms with Gasteiger partial charge in [0.15, 0.2) is 0 Å². The van der Waals surface area contributed by atoms with E-state index in [4.69, 9.17) is 19.7 Å². The lowest BCUT2D eigenvalue weighted by molar-refractivity contribution is -0.898. The van der Waals surface area contributed by atoms with Crippen LogP contribution in [0.1, 0.15) is 75.6 Å². The lowest BCUT2D eigenvalue weighted by atomic mass is 9.81. The zero-order valence-corrected chi connectivity index (χ0v) is 40.3. The highest BCUT2D eigenvalue weighted by Gasteiger charge is 2.37. The van der Waals surface area contributed by atoms with Gasteiger partial charge in [0, 0.05) is 66.7 Å². The number of methoxy groups -OCH3 is 2. The van der Waals surface area contributed by atoms with Gasteiger partial charge in [0.25, 0.3) is 0 Å². The van der Waals surface area contributed by atoms with Crippen molar-refractivity contribution < 1.29 is 49.6 Å². The number of hydrogen-bond acceptors (Lipinski definition) is 7. The van der Waals surface area contributed by atoms with Crippen molar-refractivity contribution in [3.05, 3.63) is 138 Å². The molecule has 1 aliphatic heterocycles. The van der Waals surface area contributed by atoms with Crippen LogP contribution >= 0.6 is 0 Å². The highest BCUT2D eigenvalue weighted by Crippen LogP contribution is 2.38. The molecule has 2 amide bonds. The number of amides is 2. The number of urea groups is 1. The van der Waals surface area contributed by atoms with Gasteiger partial charge in [0.2, 0.25) is 0 Å². The van der Waals surface area contributed by atoms with E-state index in [0.717, 1.165) is 76.8 Å². The van der Waals surface area contributed by atoms with Crippen LogP contribution in [0.25, 0.3) is 38.0 Å². The second-order valence-corrected chi connectivity index (χ2v) is 17.1. The molecule has 5 atom stereocenters. The van der Waals surface area contributed by atoms with Crippen molar-refractivity contribution >= 4 is 56.0 Å². The molecule has 6 aromatic rings.